The standard InChI is InChI=1S/C17H25NO3/c1-12-4-5-15(8-13(12)2)9-18-16(10-19)6-7-17(18)11-21-14(3)20/h4-5,8,16-17,19H,6-7,9-11H2,1-3H3/t16-,17-/m0/s1. The minimum absolute atomic E-state index is 0.154. The summed E-state index contributed by atoms with van der Waals surface area (Å²) in [6, 6.07) is 6.83. The van der Waals surface area contributed by atoms with Crippen molar-refractivity contribution < 1.29 is 14.6 Å². The molecule has 0 unspecified atom stereocenters. The van der Waals surface area contributed by atoms with Crippen molar-refractivity contribution in [1.29, 1.82) is 0 Å². The van der Waals surface area contributed by atoms with Gasteiger partial charge in [0, 0.05) is 25.6 Å². The zero-order valence-electron chi connectivity index (χ0n) is 13.1. The molecule has 0 saturated carbocycles. The van der Waals surface area contributed by atoms with Gasteiger partial charge >= 0.3 is 5.97 Å². The largest absolute Gasteiger partial charge is 0.464 e. The predicted octanol–water partition coefficient (Wildman–Crippen LogP) is 2.19. The van der Waals surface area contributed by atoms with Crippen LogP contribution in [0.2, 0.25) is 0 Å². The molecule has 1 fully saturated rings. The number of aliphatic hydroxyl groups is 1. The summed E-state index contributed by atoms with van der Waals surface area (Å²) in [4.78, 5) is 13.3. The smallest absolute Gasteiger partial charge is 0.302 e. The molecule has 1 aromatic rings. The lowest BCUT2D eigenvalue weighted by Crippen LogP contribution is -2.40. The van der Waals surface area contributed by atoms with Gasteiger partial charge in [-0.1, -0.05) is 18.2 Å². The molecule has 0 aromatic heterocycles. The summed E-state index contributed by atoms with van der Waals surface area (Å²) < 4.78 is 5.17. The van der Waals surface area contributed by atoms with Crippen molar-refractivity contribution in [2.75, 3.05) is 13.2 Å². The lowest BCUT2D eigenvalue weighted by Gasteiger charge is -2.29. The molecule has 2 rings (SSSR count). The quantitative estimate of drug-likeness (QED) is 0.845. The maximum absolute atomic E-state index is 11.0. The van der Waals surface area contributed by atoms with Crippen molar-refractivity contribution in [2.45, 2.75) is 52.2 Å². The van der Waals surface area contributed by atoms with Crippen LogP contribution in [-0.4, -0.2) is 41.3 Å². The first-order valence-electron chi connectivity index (χ1n) is 7.57. The molecule has 1 aromatic carbocycles. The van der Waals surface area contributed by atoms with Crippen LogP contribution >= 0.6 is 0 Å². The van der Waals surface area contributed by atoms with E-state index in [4.69, 9.17) is 4.74 Å². The molecule has 4 nitrogen and oxygen atoms in total. The number of hydrogen-bond donors (Lipinski definition) is 1. The van der Waals surface area contributed by atoms with E-state index in [1.165, 1.54) is 23.6 Å². The second-order valence-electron chi connectivity index (χ2n) is 5.96. The van der Waals surface area contributed by atoms with Gasteiger partial charge in [-0.2, -0.15) is 0 Å². The molecule has 0 spiro atoms. The van der Waals surface area contributed by atoms with Gasteiger partial charge in [0.1, 0.15) is 6.61 Å². The van der Waals surface area contributed by atoms with Gasteiger partial charge < -0.3 is 9.84 Å². The molecule has 1 heterocycles. The molecule has 116 valence electrons. The number of carbonyl (C=O) groups excluding carboxylic acids is 1. The Morgan fingerprint density at radius 1 is 1.29 bits per heavy atom. The Bertz CT molecular complexity index is 501. The first-order chi connectivity index (χ1) is 10.0. The summed E-state index contributed by atoms with van der Waals surface area (Å²) in [7, 11) is 0. The number of esters is 1. The SMILES string of the molecule is CC(=O)OC[C@@H]1CC[C@@H](CO)N1Cc1ccc(C)c(C)c1. The molecule has 0 amide bonds. The summed E-state index contributed by atoms with van der Waals surface area (Å²) in [6.45, 7) is 7.01. The van der Waals surface area contributed by atoms with Crippen molar-refractivity contribution >= 4 is 5.97 Å². The zero-order valence-corrected chi connectivity index (χ0v) is 13.1. The maximum Gasteiger partial charge on any atom is 0.302 e. The summed E-state index contributed by atoms with van der Waals surface area (Å²) in [5.74, 6) is -0.242. The van der Waals surface area contributed by atoms with Gasteiger partial charge in [0.15, 0.2) is 0 Å². The number of aryl methyl sites for hydroxylation is 2. The number of nitrogens with zero attached hydrogens (tertiary/aromatic N) is 1. The first-order valence-corrected chi connectivity index (χ1v) is 7.57. The molecule has 2 atom stereocenters. The second kappa shape index (κ2) is 7.05. The van der Waals surface area contributed by atoms with E-state index in [-0.39, 0.29) is 24.7 Å². The average Bonchev–Trinajstić information content (AvgIpc) is 2.82. The fourth-order valence-corrected chi connectivity index (χ4v) is 2.97. The van der Waals surface area contributed by atoms with Gasteiger partial charge in [-0.05, 0) is 43.4 Å². The minimum atomic E-state index is -0.242. The van der Waals surface area contributed by atoms with Crippen LogP contribution in [0.1, 0.15) is 36.5 Å². The predicted molar refractivity (Wildman–Crippen MR) is 82.0 cm³/mol. The molecule has 21 heavy (non-hydrogen) atoms. The molecule has 4 heteroatoms. The highest BCUT2D eigenvalue weighted by Crippen LogP contribution is 2.27. The third kappa shape index (κ3) is 4.05. The molecule has 0 aliphatic carbocycles. The summed E-state index contributed by atoms with van der Waals surface area (Å²) >= 11 is 0. The lowest BCUT2D eigenvalue weighted by atomic mass is 10.1. The Morgan fingerprint density at radius 3 is 2.62 bits per heavy atom. The number of likely N-dealkylation sites (tertiary alicyclic amines) is 1. The monoisotopic (exact) mass is 291 g/mol. The fraction of sp³-hybridized carbons (Fsp3) is 0.588. The normalized spacial score (nSPS) is 22.5. The highest BCUT2D eigenvalue weighted by atomic mass is 16.5. The van der Waals surface area contributed by atoms with Crippen LogP contribution in [0.4, 0.5) is 0 Å². The topological polar surface area (TPSA) is 49.8 Å². The highest BCUT2D eigenvalue weighted by molar-refractivity contribution is 5.65. The number of rotatable bonds is 5. The van der Waals surface area contributed by atoms with Crippen molar-refractivity contribution in [3.63, 3.8) is 0 Å². The molecule has 0 bridgehead atoms. The van der Waals surface area contributed by atoms with Gasteiger partial charge in [0.2, 0.25) is 0 Å². The van der Waals surface area contributed by atoms with E-state index in [0.717, 1.165) is 19.4 Å². The molecule has 1 aliphatic heterocycles. The number of ether oxygens (including phenoxy) is 1. The summed E-state index contributed by atoms with van der Waals surface area (Å²) in [5.41, 5.74) is 3.81. The maximum atomic E-state index is 11.0. The van der Waals surface area contributed by atoms with E-state index in [0.29, 0.717) is 6.61 Å². The van der Waals surface area contributed by atoms with Crippen LogP contribution in [0.3, 0.4) is 0 Å². The van der Waals surface area contributed by atoms with Crippen molar-refractivity contribution in [1.82, 2.24) is 4.90 Å². The molecule has 1 aliphatic rings. The van der Waals surface area contributed by atoms with Crippen molar-refractivity contribution in [2.24, 2.45) is 0 Å². The van der Waals surface area contributed by atoms with E-state index < -0.39 is 0 Å². The van der Waals surface area contributed by atoms with Gasteiger partial charge in [-0.15, -0.1) is 0 Å². The number of benzene rings is 1. The van der Waals surface area contributed by atoms with E-state index >= 15 is 0 Å². The van der Waals surface area contributed by atoms with Crippen LogP contribution < -0.4 is 0 Å². The van der Waals surface area contributed by atoms with E-state index in [9.17, 15) is 9.90 Å². The van der Waals surface area contributed by atoms with Gasteiger partial charge in [-0.25, -0.2) is 0 Å². The molecular formula is C17H25NO3. The van der Waals surface area contributed by atoms with Crippen LogP contribution in [0.5, 0.6) is 0 Å². The average molecular weight is 291 g/mol. The van der Waals surface area contributed by atoms with Crippen LogP contribution in [-0.2, 0) is 16.1 Å². The number of hydrogen-bond acceptors (Lipinski definition) is 4. The van der Waals surface area contributed by atoms with Crippen LogP contribution in [0.25, 0.3) is 0 Å². The van der Waals surface area contributed by atoms with E-state index in [2.05, 4.69) is 36.9 Å². The summed E-state index contributed by atoms with van der Waals surface area (Å²) in [5, 5.41) is 9.56. The van der Waals surface area contributed by atoms with Crippen LogP contribution in [0, 0.1) is 13.8 Å². The van der Waals surface area contributed by atoms with Gasteiger partial charge in [0.05, 0.1) is 6.61 Å². The number of aliphatic hydroxyl groups excluding tert-OH is 1. The second-order valence-corrected chi connectivity index (χ2v) is 5.96. The minimum Gasteiger partial charge on any atom is -0.464 e. The Hall–Kier alpha value is -1.39. The zero-order chi connectivity index (χ0) is 15.4. The van der Waals surface area contributed by atoms with Crippen molar-refractivity contribution in [3.8, 4) is 0 Å². The van der Waals surface area contributed by atoms with Crippen molar-refractivity contribution in [3.05, 3.63) is 34.9 Å². The van der Waals surface area contributed by atoms with E-state index in [1.54, 1.807) is 0 Å². The summed E-state index contributed by atoms with van der Waals surface area (Å²) in [6.07, 6.45) is 1.91. The van der Waals surface area contributed by atoms with E-state index in [1.807, 2.05) is 0 Å². The Morgan fingerprint density at radius 2 is 2.00 bits per heavy atom. The Balaban J connectivity index is 2.08. The molecule has 0 radical (unpaired) electrons. The van der Waals surface area contributed by atoms with Gasteiger partial charge in [0.25, 0.3) is 0 Å². The first kappa shape index (κ1) is 16.0. The Kier molecular flexibility index (Phi) is 5.37. The molecular weight excluding hydrogens is 266 g/mol. The Labute approximate surface area is 126 Å². The fourth-order valence-electron chi connectivity index (χ4n) is 2.97. The molecule has 1 N–H and O–H groups in total. The lowest BCUT2D eigenvalue weighted by molar-refractivity contribution is -0.142. The third-order valence-electron chi connectivity index (χ3n) is 4.40. The highest BCUT2D eigenvalue weighted by Gasteiger charge is 2.33. The van der Waals surface area contributed by atoms with Crippen LogP contribution in [0.15, 0.2) is 18.2 Å². The van der Waals surface area contributed by atoms with Gasteiger partial charge in [-0.3, -0.25) is 9.69 Å². The molecule has 1 saturated heterocycles. The third-order valence-corrected chi connectivity index (χ3v) is 4.40. The number of carbonyl (C=O) groups is 1.